The van der Waals surface area contributed by atoms with Crippen molar-refractivity contribution in [2.45, 2.75) is 45.6 Å². The average Bonchev–Trinajstić information content (AvgIpc) is 2.34. The highest BCUT2D eigenvalue weighted by Gasteiger charge is 2.26. The molecule has 1 aromatic carbocycles. The van der Waals surface area contributed by atoms with E-state index in [1.54, 1.807) is 12.1 Å². The van der Waals surface area contributed by atoms with Gasteiger partial charge in [0.15, 0.2) is 0 Å². The van der Waals surface area contributed by atoms with E-state index in [1.165, 1.54) is 18.9 Å². The van der Waals surface area contributed by atoms with Crippen molar-refractivity contribution in [1.29, 1.82) is 0 Å². The first kappa shape index (κ1) is 14.2. The Bertz CT molecular complexity index is 475. The molecular weight excluding hydrogens is 262 g/mol. The van der Waals surface area contributed by atoms with Crippen molar-refractivity contribution in [3.63, 3.8) is 0 Å². The predicted molar refractivity (Wildman–Crippen MR) is 78.1 cm³/mol. The van der Waals surface area contributed by atoms with Crippen LogP contribution in [-0.4, -0.2) is 17.1 Å². The summed E-state index contributed by atoms with van der Waals surface area (Å²) >= 11 is 6.12. The number of hydrogen-bond acceptors (Lipinski definition) is 2. The second kappa shape index (κ2) is 5.41. The summed E-state index contributed by atoms with van der Waals surface area (Å²) in [5.74, 6) is -0.951. The van der Waals surface area contributed by atoms with Gasteiger partial charge in [0.25, 0.3) is 0 Å². The number of anilines is 1. The lowest BCUT2D eigenvalue weighted by Crippen LogP contribution is -2.29. The number of carboxylic acid groups (broad SMARTS) is 1. The molecule has 1 aromatic rings. The topological polar surface area (TPSA) is 49.3 Å². The van der Waals surface area contributed by atoms with Crippen LogP contribution in [0, 0.1) is 5.41 Å². The molecular formula is C15H20ClNO2. The van der Waals surface area contributed by atoms with E-state index in [9.17, 15) is 4.79 Å². The summed E-state index contributed by atoms with van der Waals surface area (Å²) in [4.78, 5) is 10.8. The Morgan fingerprint density at radius 3 is 2.53 bits per heavy atom. The average molecular weight is 282 g/mol. The van der Waals surface area contributed by atoms with E-state index in [2.05, 4.69) is 19.2 Å². The number of hydrogen-bond donors (Lipinski definition) is 2. The van der Waals surface area contributed by atoms with Crippen LogP contribution in [0.2, 0.25) is 5.02 Å². The molecule has 0 bridgehead atoms. The van der Waals surface area contributed by atoms with E-state index in [1.807, 2.05) is 0 Å². The van der Waals surface area contributed by atoms with E-state index >= 15 is 0 Å². The smallest absolute Gasteiger partial charge is 0.335 e. The zero-order chi connectivity index (χ0) is 14.0. The fourth-order valence-corrected chi connectivity index (χ4v) is 2.76. The second-order valence-electron chi connectivity index (χ2n) is 6.08. The van der Waals surface area contributed by atoms with Crippen LogP contribution in [0.3, 0.4) is 0 Å². The van der Waals surface area contributed by atoms with Crippen LogP contribution in [-0.2, 0) is 0 Å². The molecule has 0 saturated heterocycles. The minimum atomic E-state index is -0.951. The van der Waals surface area contributed by atoms with Crippen molar-refractivity contribution in [3.8, 4) is 0 Å². The van der Waals surface area contributed by atoms with Gasteiger partial charge in [-0.3, -0.25) is 0 Å². The lowest BCUT2D eigenvalue weighted by Gasteiger charge is -2.35. The number of nitrogens with one attached hydrogen (secondary N) is 1. The van der Waals surface area contributed by atoms with Gasteiger partial charge in [-0.05, 0) is 49.3 Å². The van der Waals surface area contributed by atoms with Gasteiger partial charge in [0, 0.05) is 6.04 Å². The van der Waals surface area contributed by atoms with E-state index in [0.717, 1.165) is 18.5 Å². The van der Waals surface area contributed by atoms with Crippen LogP contribution in [0.4, 0.5) is 5.69 Å². The molecule has 1 aliphatic carbocycles. The first-order chi connectivity index (χ1) is 8.87. The van der Waals surface area contributed by atoms with Crippen LogP contribution in [0.25, 0.3) is 0 Å². The predicted octanol–water partition coefficient (Wildman–Crippen LogP) is 4.42. The van der Waals surface area contributed by atoms with Crippen LogP contribution >= 0.6 is 11.6 Å². The van der Waals surface area contributed by atoms with Crippen molar-refractivity contribution in [2.75, 3.05) is 5.32 Å². The molecule has 1 aliphatic rings. The van der Waals surface area contributed by atoms with Crippen LogP contribution in [0.15, 0.2) is 18.2 Å². The minimum absolute atomic E-state index is 0.223. The molecule has 2 rings (SSSR count). The molecule has 104 valence electrons. The highest BCUT2D eigenvalue weighted by molar-refractivity contribution is 6.33. The normalized spacial score (nSPS) is 19.1. The standard InChI is InChI=1S/C15H20ClNO2/c1-15(2)7-5-11(6-8-15)17-13-4-3-10(14(18)19)9-12(13)16/h3-4,9,11,17H,5-8H2,1-2H3,(H,18,19). The van der Waals surface area contributed by atoms with Gasteiger partial charge in [0.2, 0.25) is 0 Å². The largest absolute Gasteiger partial charge is 0.478 e. The number of halogens is 1. The van der Waals surface area contributed by atoms with Crippen molar-refractivity contribution in [3.05, 3.63) is 28.8 Å². The first-order valence-electron chi connectivity index (χ1n) is 6.67. The molecule has 19 heavy (non-hydrogen) atoms. The molecule has 0 heterocycles. The lowest BCUT2D eigenvalue weighted by molar-refractivity contribution is 0.0697. The molecule has 3 nitrogen and oxygen atoms in total. The Balaban J connectivity index is 2.02. The summed E-state index contributed by atoms with van der Waals surface area (Å²) in [6.07, 6.45) is 4.67. The fraction of sp³-hybridized carbons (Fsp3) is 0.533. The summed E-state index contributed by atoms with van der Waals surface area (Å²) < 4.78 is 0. The summed E-state index contributed by atoms with van der Waals surface area (Å²) in [5.41, 5.74) is 1.49. The zero-order valence-corrected chi connectivity index (χ0v) is 12.1. The van der Waals surface area contributed by atoms with Crippen molar-refractivity contribution >= 4 is 23.3 Å². The minimum Gasteiger partial charge on any atom is -0.478 e. The van der Waals surface area contributed by atoms with Gasteiger partial charge >= 0.3 is 5.97 Å². The van der Waals surface area contributed by atoms with Crippen LogP contribution in [0.5, 0.6) is 0 Å². The highest BCUT2D eigenvalue weighted by atomic mass is 35.5. The molecule has 0 aromatic heterocycles. The SMILES string of the molecule is CC1(C)CCC(Nc2ccc(C(=O)O)cc2Cl)CC1. The molecule has 0 spiro atoms. The molecule has 0 atom stereocenters. The van der Waals surface area contributed by atoms with E-state index < -0.39 is 5.97 Å². The number of carboxylic acids is 1. The van der Waals surface area contributed by atoms with Crippen molar-refractivity contribution in [2.24, 2.45) is 5.41 Å². The summed E-state index contributed by atoms with van der Waals surface area (Å²) in [7, 11) is 0. The maximum Gasteiger partial charge on any atom is 0.335 e. The monoisotopic (exact) mass is 281 g/mol. The Morgan fingerprint density at radius 2 is 2.00 bits per heavy atom. The molecule has 2 N–H and O–H groups in total. The third kappa shape index (κ3) is 3.63. The quantitative estimate of drug-likeness (QED) is 0.862. The fourth-order valence-electron chi connectivity index (χ4n) is 2.53. The van der Waals surface area contributed by atoms with E-state index in [4.69, 9.17) is 16.7 Å². The number of rotatable bonds is 3. The highest BCUT2D eigenvalue weighted by Crippen LogP contribution is 2.36. The molecule has 0 amide bonds. The number of benzene rings is 1. The molecule has 0 unspecified atom stereocenters. The molecule has 1 fully saturated rings. The van der Waals surface area contributed by atoms with Gasteiger partial charge in [-0.1, -0.05) is 25.4 Å². The maximum atomic E-state index is 10.8. The van der Waals surface area contributed by atoms with Crippen LogP contribution in [0.1, 0.15) is 49.9 Å². The number of carbonyl (C=O) groups is 1. The van der Waals surface area contributed by atoms with Crippen LogP contribution < -0.4 is 5.32 Å². The Kier molecular flexibility index (Phi) is 4.04. The van der Waals surface area contributed by atoms with Crippen molar-refractivity contribution < 1.29 is 9.90 Å². The maximum absolute atomic E-state index is 10.8. The summed E-state index contributed by atoms with van der Waals surface area (Å²) in [5, 5.41) is 12.8. The van der Waals surface area contributed by atoms with Gasteiger partial charge < -0.3 is 10.4 Å². The summed E-state index contributed by atoms with van der Waals surface area (Å²) in [6, 6.07) is 5.27. The Morgan fingerprint density at radius 1 is 1.37 bits per heavy atom. The summed E-state index contributed by atoms with van der Waals surface area (Å²) in [6.45, 7) is 4.61. The first-order valence-corrected chi connectivity index (χ1v) is 7.04. The van der Waals surface area contributed by atoms with Gasteiger partial charge in [0.05, 0.1) is 16.3 Å². The van der Waals surface area contributed by atoms with Gasteiger partial charge in [0.1, 0.15) is 0 Å². The van der Waals surface area contributed by atoms with Gasteiger partial charge in [-0.2, -0.15) is 0 Å². The lowest BCUT2D eigenvalue weighted by atomic mass is 9.75. The second-order valence-corrected chi connectivity index (χ2v) is 6.49. The van der Waals surface area contributed by atoms with Crippen molar-refractivity contribution in [1.82, 2.24) is 0 Å². The van der Waals surface area contributed by atoms with E-state index in [0.29, 0.717) is 16.5 Å². The molecule has 0 aliphatic heterocycles. The van der Waals surface area contributed by atoms with Gasteiger partial charge in [-0.15, -0.1) is 0 Å². The third-order valence-electron chi connectivity index (χ3n) is 3.91. The Hall–Kier alpha value is -1.22. The van der Waals surface area contributed by atoms with E-state index in [-0.39, 0.29) is 5.56 Å². The zero-order valence-electron chi connectivity index (χ0n) is 11.4. The molecule has 0 radical (unpaired) electrons. The molecule has 1 saturated carbocycles. The molecule has 4 heteroatoms. The number of aromatic carboxylic acids is 1. The Labute approximate surface area is 119 Å². The third-order valence-corrected chi connectivity index (χ3v) is 4.23. The van der Waals surface area contributed by atoms with Gasteiger partial charge in [-0.25, -0.2) is 4.79 Å².